The SMILES string of the molecule is CCn1nc(-c2ccc(Oc3nc4cccnc4n3C)cc2)c2ncncc21. The molecule has 5 aromatic rings. The zero-order valence-electron chi connectivity index (χ0n) is 15.4. The van der Waals surface area contributed by atoms with E-state index < -0.39 is 0 Å². The normalized spacial score (nSPS) is 11.4. The largest absolute Gasteiger partial charge is 0.425 e. The number of benzene rings is 1. The van der Waals surface area contributed by atoms with E-state index in [-0.39, 0.29) is 0 Å². The Morgan fingerprint density at radius 3 is 2.71 bits per heavy atom. The molecule has 8 nitrogen and oxygen atoms in total. The summed E-state index contributed by atoms with van der Waals surface area (Å²) in [4.78, 5) is 17.3. The second-order valence-corrected chi connectivity index (χ2v) is 6.35. The smallest absolute Gasteiger partial charge is 0.303 e. The van der Waals surface area contributed by atoms with Crippen molar-refractivity contribution < 1.29 is 4.74 Å². The molecule has 0 spiro atoms. The van der Waals surface area contributed by atoms with Crippen LogP contribution in [0.1, 0.15) is 6.92 Å². The number of ether oxygens (including phenoxy) is 1. The topological polar surface area (TPSA) is 83.5 Å². The summed E-state index contributed by atoms with van der Waals surface area (Å²) in [6.07, 6.45) is 5.08. The first-order valence-corrected chi connectivity index (χ1v) is 8.97. The van der Waals surface area contributed by atoms with Crippen molar-refractivity contribution in [2.24, 2.45) is 7.05 Å². The molecule has 5 rings (SSSR count). The Labute approximate surface area is 160 Å². The summed E-state index contributed by atoms with van der Waals surface area (Å²) in [5.41, 5.74) is 5.14. The van der Waals surface area contributed by atoms with Gasteiger partial charge in [0.15, 0.2) is 5.65 Å². The van der Waals surface area contributed by atoms with E-state index in [0.29, 0.717) is 11.8 Å². The van der Waals surface area contributed by atoms with Crippen LogP contribution < -0.4 is 4.74 Å². The van der Waals surface area contributed by atoms with Crippen molar-refractivity contribution in [3.8, 4) is 23.0 Å². The molecule has 0 unspecified atom stereocenters. The fraction of sp³-hybridized carbons (Fsp3) is 0.150. The van der Waals surface area contributed by atoms with Gasteiger partial charge in [0.2, 0.25) is 0 Å². The fourth-order valence-electron chi connectivity index (χ4n) is 3.23. The standard InChI is InChI=1S/C20H17N7O/c1-3-27-16-11-21-12-23-18(16)17(25-27)13-6-8-14(9-7-13)28-20-24-15-5-4-10-22-19(15)26(20)2/h4-12H,3H2,1-2H3. The van der Waals surface area contributed by atoms with E-state index in [1.807, 2.05) is 59.6 Å². The number of pyridine rings is 1. The molecular formula is C20H17N7O. The van der Waals surface area contributed by atoms with Gasteiger partial charge in [-0.25, -0.2) is 15.0 Å². The maximum Gasteiger partial charge on any atom is 0.303 e. The molecular weight excluding hydrogens is 354 g/mol. The Kier molecular flexibility index (Phi) is 3.75. The van der Waals surface area contributed by atoms with Crippen LogP contribution in [0.15, 0.2) is 55.1 Å². The maximum absolute atomic E-state index is 5.96. The summed E-state index contributed by atoms with van der Waals surface area (Å²) in [6.45, 7) is 2.80. The molecule has 138 valence electrons. The average molecular weight is 371 g/mol. The third-order valence-electron chi connectivity index (χ3n) is 4.64. The number of aryl methyl sites for hydroxylation is 2. The minimum atomic E-state index is 0.495. The number of nitrogens with zero attached hydrogens (tertiary/aromatic N) is 7. The molecule has 4 heterocycles. The quantitative estimate of drug-likeness (QED) is 0.480. The molecule has 0 N–H and O–H groups in total. The van der Waals surface area contributed by atoms with Gasteiger partial charge in [0.1, 0.15) is 34.3 Å². The van der Waals surface area contributed by atoms with Crippen molar-refractivity contribution in [3.63, 3.8) is 0 Å². The van der Waals surface area contributed by atoms with E-state index in [9.17, 15) is 0 Å². The predicted molar refractivity (Wildman–Crippen MR) is 105 cm³/mol. The molecule has 0 bridgehead atoms. The summed E-state index contributed by atoms with van der Waals surface area (Å²) < 4.78 is 9.69. The van der Waals surface area contributed by atoms with Crippen LogP contribution >= 0.6 is 0 Å². The number of hydrogen-bond acceptors (Lipinski definition) is 6. The summed E-state index contributed by atoms with van der Waals surface area (Å²) in [5.74, 6) is 0.691. The van der Waals surface area contributed by atoms with Gasteiger partial charge in [-0.05, 0) is 43.3 Å². The minimum Gasteiger partial charge on any atom is -0.425 e. The lowest BCUT2D eigenvalue weighted by molar-refractivity contribution is 0.427. The van der Waals surface area contributed by atoms with Crippen LogP contribution in [0.4, 0.5) is 0 Å². The van der Waals surface area contributed by atoms with Gasteiger partial charge < -0.3 is 4.74 Å². The first-order valence-electron chi connectivity index (χ1n) is 8.97. The Morgan fingerprint density at radius 2 is 1.93 bits per heavy atom. The highest BCUT2D eigenvalue weighted by molar-refractivity contribution is 5.89. The van der Waals surface area contributed by atoms with Gasteiger partial charge in [0.05, 0.1) is 6.20 Å². The van der Waals surface area contributed by atoms with Gasteiger partial charge in [-0.15, -0.1) is 0 Å². The maximum atomic E-state index is 5.96. The van der Waals surface area contributed by atoms with Gasteiger partial charge >= 0.3 is 6.01 Å². The van der Waals surface area contributed by atoms with Gasteiger partial charge in [-0.3, -0.25) is 9.25 Å². The highest BCUT2D eigenvalue weighted by Gasteiger charge is 2.14. The highest BCUT2D eigenvalue weighted by Crippen LogP contribution is 2.29. The van der Waals surface area contributed by atoms with Gasteiger partial charge in [-0.2, -0.15) is 10.1 Å². The minimum absolute atomic E-state index is 0.495. The van der Waals surface area contributed by atoms with Crippen molar-refractivity contribution in [1.82, 2.24) is 34.3 Å². The first kappa shape index (κ1) is 16.4. The Balaban J connectivity index is 1.48. The van der Waals surface area contributed by atoms with E-state index in [0.717, 1.165) is 40.0 Å². The number of aromatic nitrogens is 7. The number of fused-ring (bicyclic) bond motifs is 2. The van der Waals surface area contributed by atoms with Gasteiger partial charge in [0, 0.05) is 25.4 Å². The van der Waals surface area contributed by atoms with Crippen LogP contribution in [0.3, 0.4) is 0 Å². The lowest BCUT2D eigenvalue weighted by Crippen LogP contribution is -1.96. The molecule has 28 heavy (non-hydrogen) atoms. The number of imidazole rings is 1. The lowest BCUT2D eigenvalue weighted by Gasteiger charge is -2.05. The second-order valence-electron chi connectivity index (χ2n) is 6.35. The predicted octanol–water partition coefficient (Wildman–Crippen LogP) is 3.59. The molecule has 0 fully saturated rings. The van der Waals surface area contributed by atoms with Crippen molar-refractivity contribution in [1.29, 1.82) is 0 Å². The summed E-state index contributed by atoms with van der Waals surface area (Å²) in [5, 5.41) is 4.68. The molecule has 0 amide bonds. The Bertz CT molecular complexity index is 1290. The van der Waals surface area contributed by atoms with Gasteiger partial charge in [-0.1, -0.05) is 0 Å². The molecule has 8 heteroatoms. The van der Waals surface area contributed by atoms with Crippen LogP contribution in [0.2, 0.25) is 0 Å². The van der Waals surface area contributed by atoms with Crippen LogP contribution in [0, 0.1) is 0 Å². The van der Waals surface area contributed by atoms with Crippen molar-refractivity contribution in [2.45, 2.75) is 13.5 Å². The average Bonchev–Trinajstić information content (AvgIpc) is 3.27. The third kappa shape index (κ3) is 2.58. The van der Waals surface area contributed by atoms with E-state index >= 15 is 0 Å². The molecule has 0 radical (unpaired) electrons. The van der Waals surface area contributed by atoms with E-state index in [1.54, 1.807) is 18.7 Å². The van der Waals surface area contributed by atoms with Crippen LogP contribution in [0.5, 0.6) is 11.8 Å². The summed E-state index contributed by atoms with van der Waals surface area (Å²) >= 11 is 0. The molecule has 0 saturated carbocycles. The van der Waals surface area contributed by atoms with E-state index in [1.165, 1.54) is 0 Å². The van der Waals surface area contributed by atoms with Crippen molar-refractivity contribution in [2.75, 3.05) is 0 Å². The van der Waals surface area contributed by atoms with E-state index in [4.69, 9.17) is 4.74 Å². The third-order valence-corrected chi connectivity index (χ3v) is 4.64. The number of rotatable bonds is 4. The first-order chi connectivity index (χ1) is 13.7. The highest BCUT2D eigenvalue weighted by atomic mass is 16.5. The fourth-order valence-corrected chi connectivity index (χ4v) is 3.23. The molecule has 0 atom stereocenters. The zero-order valence-corrected chi connectivity index (χ0v) is 15.4. The molecule has 0 saturated heterocycles. The Hall–Kier alpha value is -3.81. The summed E-state index contributed by atoms with van der Waals surface area (Å²) in [6, 6.07) is 12.0. The van der Waals surface area contributed by atoms with E-state index in [2.05, 4.69) is 25.0 Å². The Morgan fingerprint density at radius 1 is 1.07 bits per heavy atom. The van der Waals surface area contributed by atoms with Crippen molar-refractivity contribution in [3.05, 3.63) is 55.1 Å². The summed E-state index contributed by atoms with van der Waals surface area (Å²) in [7, 11) is 1.88. The molecule has 4 aromatic heterocycles. The second kappa shape index (κ2) is 6.41. The van der Waals surface area contributed by atoms with Gasteiger partial charge in [0.25, 0.3) is 0 Å². The molecule has 1 aromatic carbocycles. The molecule has 0 aliphatic rings. The molecule has 0 aliphatic heterocycles. The zero-order chi connectivity index (χ0) is 19.1. The monoisotopic (exact) mass is 371 g/mol. The van der Waals surface area contributed by atoms with Crippen LogP contribution in [-0.2, 0) is 13.6 Å². The van der Waals surface area contributed by atoms with Crippen LogP contribution in [-0.4, -0.2) is 34.3 Å². The van der Waals surface area contributed by atoms with Crippen molar-refractivity contribution >= 4 is 22.2 Å². The number of hydrogen-bond donors (Lipinski definition) is 0. The molecule has 0 aliphatic carbocycles. The van der Waals surface area contributed by atoms with Crippen LogP contribution in [0.25, 0.3) is 33.5 Å². The lowest BCUT2D eigenvalue weighted by atomic mass is 10.1.